The van der Waals surface area contributed by atoms with E-state index in [2.05, 4.69) is 29.1 Å². The molecule has 2 aromatic rings. The Labute approximate surface area is 125 Å². The summed E-state index contributed by atoms with van der Waals surface area (Å²) in [5, 5.41) is 8.98. The van der Waals surface area contributed by atoms with Crippen LogP contribution < -0.4 is 4.74 Å². The molecule has 0 fully saturated rings. The van der Waals surface area contributed by atoms with Gasteiger partial charge in [-0.1, -0.05) is 18.2 Å². The van der Waals surface area contributed by atoms with E-state index in [-0.39, 0.29) is 0 Å². The van der Waals surface area contributed by atoms with Crippen molar-refractivity contribution in [1.82, 2.24) is 9.88 Å². The highest BCUT2D eigenvalue weighted by atomic mass is 16.5. The van der Waals surface area contributed by atoms with Gasteiger partial charge in [0.25, 0.3) is 0 Å². The maximum Gasteiger partial charge on any atom is 0.137 e. The molecule has 0 N–H and O–H groups in total. The van der Waals surface area contributed by atoms with Crippen molar-refractivity contribution in [2.24, 2.45) is 0 Å². The van der Waals surface area contributed by atoms with E-state index in [1.165, 1.54) is 5.56 Å². The lowest BCUT2D eigenvalue weighted by atomic mass is 10.2. The number of hydrogen-bond acceptors (Lipinski definition) is 4. The molecular weight excluding hydrogens is 262 g/mol. The summed E-state index contributed by atoms with van der Waals surface area (Å²) in [6.45, 7) is 2.42. The van der Waals surface area contributed by atoms with Gasteiger partial charge in [0.05, 0.1) is 12.2 Å². The lowest BCUT2D eigenvalue weighted by Gasteiger charge is -2.16. The molecule has 0 aliphatic rings. The molecule has 0 radical (unpaired) electrons. The van der Waals surface area contributed by atoms with Crippen molar-refractivity contribution < 1.29 is 4.74 Å². The van der Waals surface area contributed by atoms with Crippen molar-refractivity contribution in [3.05, 3.63) is 59.9 Å². The van der Waals surface area contributed by atoms with Crippen molar-refractivity contribution in [3.8, 4) is 11.8 Å². The number of rotatable bonds is 7. The van der Waals surface area contributed by atoms with Crippen LogP contribution >= 0.6 is 0 Å². The molecule has 4 heteroatoms. The Morgan fingerprint density at radius 3 is 2.86 bits per heavy atom. The van der Waals surface area contributed by atoms with Crippen molar-refractivity contribution in [3.63, 3.8) is 0 Å². The van der Waals surface area contributed by atoms with Gasteiger partial charge in [0.15, 0.2) is 0 Å². The number of benzene rings is 1. The van der Waals surface area contributed by atoms with E-state index in [1.807, 2.05) is 30.5 Å². The Kier molecular flexibility index (Phi) is 5.74. The van der Waals surface area contributed by atoms with Crippen LogP contribution in [0.5, 0.6) is 5.75 Å². The number of aromatic nitrogens is 1. The lowest BCUT2D eigenvalue weighted by molar-refractivity contribution is 0.258. The molecule has 1 aromatic carbocycles. The molecule has 0 aliphatic heterocycles. The summed E-state index contributed by atoms with van der Waals surface area (Å²) in [5.74, 6) is 0.662. The fraction of sp³-hybridized carbons (Fsp3) is 0.294. The second-order valence-electron chi connectivity index (χ2n) is 4.91. The molecule has 0 saturated carbocycles. The first-order valence-corrected chi connectivity index (χ1v) is 6.99. The molecule has 0 aliphatic carbocycles. The van der Waals surface area contributed by atoms with Crippen molar-refractivity contribution in [2.75, 3.05) is 20.2 Å². The highest BCUT2D eigenvalue weighted by Gasteiger charge is 2.03. The van der Waals surface area contributed by atoms with E-state index in [1.54, 1.807) is 12.3 Å². The summed E-state index contributed by atoms with van der Waals surface area (Å²) in [5.41, 5.74) is 1.79. The van der Waals surface area contributed by atoms with Gasteiger partial charge in [-0.15, -0.1) is 0 Å². The molecule has 0 saturated heterocycles. The normalized spacial score (nSPS) is 10.3. The molecule has 0 amide bonds. The average molecular weight is 281 g/mol. The minimum atomic E-state index is 0.584. The number of para-hydroxylation sites is 1. The Hall–Kier alpha value is -2.38. The first kappa shape index (κ1) is 15.0. The monoisotopic (exact) mass is 281 g/mol. The van der Waals surface area contributed by atoms with Gasteiger partial charge in [-0.05, 0) is 37.2 Å². The van der Waals surface area contributed by atoms with Gasteiger partial charge in [0, 0.05) is 25.5 Å². The molecule has 2 rings (SSSR count). The van der Waals surface area contributed by atoms with Gasteiger partial charge < -0.3 is 9.64 Å². The average Bonchev–Trinajstić information content (AvgIpc) is 2.53. The zero-order valence-electron chi connectivity index (χ0n) is 12.2. The molecule has 0 unspecified atom stereocenters. The van der Waals surface area contributed by atoms with Crippen LogP contribution in [0.25, 0.3) is 0 Å². The summed E-state index contributed by atoms with van der Waals surface area (Å²) < 4.78 is 5.67. The van der Waals surface area contributed by atoms with Crippen LogP contribution in [0.1, 0.15) is 17.5 Å². The third kappa shape index (κ3) is 4.90. The van der Waals surface area contributed by atoms with Gasteiger partial charge in [0.2, 0.25) is 0 Å². The lowest BCUT2D eigenvalue weighted by Crippen LogP contribution is -2.20. The summed E-state index contributed by atoms with van der Waals surface area (Å²) in [4.78, 5) is 6.34. The third-order valence-electron chi connectivity index (χ3n) is 3.12. The van der Waals surface area contributed by atoms with Crippen LogP contribution in [0.15, 0.2) is 48.8 Å². The summed E-state index contributed by atoms with van der Waals surface area (Å²) >= 11 is 0. The van der Waals surface area contributed by atoms with Crippen LogP contribution in [0.3, 0.4) is 0 Å². The van der Waals surface area contributed by atoms with Gasteiger partial charge in [-0.25, -0.2) is 0 Å². The van der Waals surface area contributed by atoms with Crippen LogP contribution in [0.4, 0.5) is 0 Å². The number of nitrogens with zero attached hydrogens (tertiary/aromatic N) is 3. The quantitative estimate of drug-likeness (QED) is 0.732. The number of hydrogen-bond donors (Lipinski definition) is 0. The second-order valence-corrected chi connectivity index (χ2v) is 4.91. The summed E-state index contributed by atoms with van der Waals surface area (Å²) in [7, 11) is 2.08. The molecule has 0 bridgehead atoms. The van der Waals surface area contributed by atoms with Crippen molar-refractivity contribution in [1.29, 1.82) is 5.26 Å². The molecule has 21 heavy (non-hydrogen) atoms. The maximum absolute atomic E-state index is 8.98. The number of ether oxygens (including phenoxy) is 1. The van der Waals surface area contributed by atoms with E-state index in [0.29, 0.717) is 17.9 Å². The van der Waals surface area contributed by atoms with Gasteiger partial charge >= 0.3 is 0 Å². The van der Waals surface area contributed by atoms with Crippen LogP contribution in [0.2, 0.25) is 0 Å². The zero-order valence-corrected chi connectivity index (χ0v) is 12.2. The van der Waals surface area contributed by atoms with Gasteiger partial charge in [-0.3, -0.25) is 4.98 Å². The fourth-order valence-corrected chi connectivity index (χ4v) is 2.08. The fourth-order valence-electron chi connectivity index (χ4n) is 2.08. The van der Waals surface area contributed by atoms with E-state index in [4.69, 9.17) is 10.00 Å². The van der Waals surface area contributed by atoms with E-state index in [0.717, 1.165) is 19.5 Å². The first-order chi connectivity index (χ1) is 10.3. The predicted molar refractivity (Wildman–Crippen MR) is 81.8 cm³/mol. The Bertz CT molecular complexity index is 592. The van der Waals surface area contributed by atoms with Crippen LogP contribution in [0, 0.1) is 11.3 Å². The van der Waals surface area contributed by atoms with Crippen molar-refractivity contribution in [2.45, 2.75) is 13.0 Å². The molecule has 1 heterocycles. The standard InChI is InChI=1S/C17H19N3O/c1-20(14-15-6-4-9-19-13-15)10-5-11-21-17-8-3-2-7-16(17)12-18/h2-4,6-9,13H,5,10-11,14H2,1H3. The summed E-state index contributed by atoms with van der Waals surface area (Å²) in [6.07, 6.45) is 4.58. The number of nitriles is 1. The molecular formula is C17H19N3O. The van der Waals surface area contributed by atoms with Gasteiger partial charge in [-0.2, -0.15) is 5.26 Å². The molecule has 4 nitrogen and oxygen atoms in total. The molecule has 0 spiro atoms. The summed E-state index contributed by atoms with van der Waals surface area (Å²) in [6, 6.07) is 13.5. The van der Waals surface area contributed by atoms with Gasteiger partial charge in [0.1, 0.15) is 11.8 Å². The topological polar surface area (TPSA) is 49.1 Å². The third-order valence-corrected chi connectivity index (χ3v) is 3.12. The van der Waals surface area contributed by atoms with Crippen LogP contribution in [-0.2, 0) is 6.54 Å². The predicted octanol–water partition coefficient (Wildman–Crippen LogP) is 2.85. The van der Waals surface area contributed by atoms with E-state index >= 15 is 0 Å². The second kappa shape index (κ2) is 8.03. The zero-order chi connectivity index (χ0) is 14.9. The van der Waals surface area contributed by atoms with E-state index < -0.39 is 0 Å². The molecule has 1 aromatic heterocycles. The van der Waals surface area contributed by atoms with Crippen LogP contribution in [-0.4, -0.2) is 30.1 Å². The highest BCUT2D eigenvalue weighted by Crippen LogP contribution is 2.16. The first-order valence-electron chi connectivity index (χ1n) is 6.99. The Balaban J connectivity index is 1.71. The Morgan fingerprint density at radius 1 is 1.24 bits per heavy atom. The Morgan fingerprint density at radius 2 is 2.10 bits per heavy atom. The SMILES string of the molecule is CN(CCCOc1ccccc1C#N)Cc1cccnc1. The highest BCUT2D eigenvalue weighted by molar-refractivity contribution is 5.42. The smallest absolute Gasteiger partial charge is 0.137 e. The molecule has 0 atom stereocenters. The maximum atomic E-state index is 8.98. The minimum Gasteiger partial charge on any atom is -0.492 e. The minimum absolute atomic E-state index is 0.584. The largest absolute Gasteiger partial charge is 0.492 e. The van der Waals surface area contributed by atoms with Crippen molar-refractivity contribution >= 4 is 0 Å². The number of pyridine rings is 1. The molecule has 108 valence electrons. The van der Waals surface area contributed by atoms with E-state index in [9.17, 15) is 0 Å².